The molecule has 0 saturated carbocycles. The summed E-state index contributed by atoms with van der Waals surface area (Å²) >= 11 is 0. The maximum atomic E-state index is 12.7. The van der Waals surface area contributed by atoms with Crippen LogP contribution in [0.25, 0.3) is 22.9 Å². The first kappa shape index (κ1) is 19.5. The zero-order valence-electron chi connectivity index (χ0n) is 17.1. The Morgan fingerprint density at radius 3 is 2.33 bits per heavy atom. The molecule has 0 aliphatic carbocycles. The summed E-state index contributed by atoms with van der Waals surface area (Å²) in [6.07, 6.45) is 0. The molecule has 0 aliphatic heterocycles. The molecule has 0 fully saturated rings. The lowest BCUT2D eigenvalue weighted by Gasteiger charge is -2.22. The molecule has 2 aromatic heterocycles. The van der Waals surface area contributed by atoms with Crippen LogP contribution in [0.1, 0.15) is 41.5 Å². The van der Waals surface area contributed by atoms with Crippen LogP contribution in [0.3, 0.4) is 0 Å². The molecular weight excluding hydrogens is 382 g/mol. The fourth-order valence-electron chi connectivity index (χ4n) is 2.99. The van der Waals surface area contributed by atoms with Gasteiger partial charge in [0.15, 0.2) is 5.82 Å². The molecule has 0 unspecified atom stereocenters. The Bertz CT molecular complexity index is 1190. The fourth-order valence-corrected chi connectivity index (χ4v) is 2.99. The number of rotatable bonds is 5. The van der Waals surface area contributed by atoms with Gasteiger partial charge in [0.2, 0.25) is 17.7 Å². The Kier molecular flexibility index (Phi) is 4.91. The molecule has 1 amide bonds. The van der Waals surface area contributed by atoms with E-state index in [1.54, 1.807) is 31.2 Å². The van der Waals surface area contributed by atoms with Crippen LogP contribution in [0.2, 0.25) is 0 Å². The Morgan fingerprint density at radius 1 is 0.967 bits per heavy atom. The van der Waals surface area contributed by atoms with Crippen LogP contribution in [0.4, 0.5) is 0 Å². The molecule has 0 radical (unpaired) electrons. The molecule has 0 bridgehead atoms. The molecule has 4 aromatic rings. The third-order valence-electron chi connectivity index (χ3n) is 4.71. The van der Waals surface area contributed by atoms with Crippen LogP contribution in [-0.2, 0) is 5.54 Å². The smallest absolute Gasteiger partial charge is 0.252 e. The fraction of sp³-hybridized carbons (Fsp3) is 0.227. The standard InChI is InChI=1S/C22H21N5O3/c1-13-7-5-6-8-17(13)20-26-25-19(29-20)16-11-9-15(10-12-16)18(28)24-22(3,4)21-23-14(2)30-27-21/h5-12H,1-4H3,(H,24,28). The zero-order chi connectivity index (χ0) is 21.3. The number of nitrogens with one attached hydrogen (secondary N) is 1. The van der Waals surface area contributed by atoms with Crippen molar-refractivity contribution in [2.75, 3.05) is 0 Å². The van der Waals surface area contributed by atoms with Gasteiger partial charge in [-0.25, -0.2) is 0 Å². The van der Waals surface area contributed by atoms with Crippen LogP contribution < -0.4 is 5.32 Å². The van der Waals surface area contributed by atoms with E-state index in [2.05, 4.69) is 25.7 Å². The van der Waals surface area contributed by atoms with Gasteiger partial charge in [0.05, 0.1) is 5.54 Å². The highest BCUT2D eigenvalue weighted by atomic mass is 16.5. The lowest BCUT2D eigenvalue weighted by molar-refractivity contribution is 0.0907. The molecule has 0 saturated heterocycles. The quantitative estimate of drug-likeness (QED) is 0.535. The number of nitrogens with zero attached hydrogens (tertiary/aromatic N) is 4. The number of amides is 1. The van der Waals surface area contributed by atoms with Crippen LogP contribution in [0, 0.1) is 13.8 Å². The molecular formula is C22H21N5O3. The number of aryl methyl sites for hydroxylation is 2. The van der Waals surface area contributed by atoms with Gasteiger partial charge in [-0.2, -0.15) is 4.98 Å². The molecule has 2 heterocycles. The summed E-state index contributed by atoms with van der Waals surface area (Å²) in [4.78, 5) is 16.9. The molecule has 0 aliphatic rings. The van der Waals surface area contributed by atoms with Gasteiger partial charge in [0.25, 0.3) is 5.91 Å². The van der Waals surface area contributed by atoms with Crippen molar-refractivity contribution in [2.24, 2.45) is 0 Å². The first-order valence-corrected chi connectivity index (χ1v) is 9.47. The Hall–Kier alpha value is -3.81. The van der Waals surface area contributed by atoms with Crippen molar-refractivity contribution < 1.29 is 13.7 Å². The van der Waals surface area contributed by atoms with E-state index in [0.29, 0.717) is 29.1 Å². The van der Waals surface area contributed by atoms with Crippen molar-refractivity contribution in [3.8, 4) is 22.9 Å². The average molecular weight is 403 g/mol. The predicted molar refractivity (Wildman–Crippen MR) is 109 cm³/mol. The molecule has 1 N–H and O–H groups in total. The lowest BCUT2D eigenvalue weighted by atomic mass is 10.0. The van der Waals surface area contributed by atoms with E-state index in [9.17, 15) is 4.79 Å². The highest BCUT2D eigenvalue weighted by molar-refractivity contribution is 5.95. The highest BCUT2D eigenvalue weighted by Crippen LogP contribution is 2.26. The van der Waals surface area contributed by atoms with E-state index in [0.717, 1.165) is 16.7 Å². The minimum absolute atomic E-state index is 0.250. The van der Waals surface area contributed by atoms with Crippen molar-refractivity contribution in [3.63, 3.8) is 0 Å². The second kappa shape index (κ2) is 7.55. The third-order valence-corrected chi connectivity index (χ3v) is 4.71. The summed E-state index contributed by atoms with van der Waals surface area (Å²) in [7, 11) is 0. The van der Waals surface area contributed by atoms with Crippen LogP contribution in [0.5, 0.6) is 0 Å². The molecule has 4 rings (SSSR count). The number of aromatic nitrogens is 4. The summed E-state index contributed by atoms with van der Waals surface area (Å²) < 4.78 is 10.8. The molecule has 8 nitrogen and oxygen atoms in total. The van der Waals surface area contributed by atoms with Crippen LogP contribution >= 0.6 is 0 Å². The third kappa shape index (κ3) is 3.84. The zero-order valence-corrected chi connectivity index (χ0v) is 17.1. The van der Waals surface area contributed by atoms with Gasteiger partial charge in [0.1, 0.15) is 0 Å². The summed E-state index contributed by atoms with van der Waals surface area (Å²) in [6, 6.07) is 14.8. The van der Waals surface area contributed by atoms with Gasteiger partial charge in [-0.05, 0) is 56.7 Å². The maximum Gasteiger partial charge on any atom is 0.252 e. The van der Waals surface area contributed by atoms with Gasteiger partial charge in [-0.15, -0.1) is 10.2 Å². The molecule has 30 heavy (non-hydrogen) atoms. The van der Waals surface area contributed by atoms with Crippen molar-refractivity contribution in [2.45, 2.75) is 33.2 Å². The van der Waals surface area contributed by atoms with E-state index in [1.165, 1.54) is 0 Å². The normalized spacial score (nSPS) is 11.5. The van der Waals surface area contributed by atoms with E-state index in [1.807, 2.05) is 45.0 Å². The summed E-state index contributed by atoms with van der Waals surface area (Å²) in [5.41, 5.74) is 2.39. The number of benzene rings is 2. The first-order valence-electron chi connectivity index (χ1n) is 9.47. The van der Waals surface area contributed by atoms with Gasteiger partial charge in [0, 0.05) is 23.6 Å². The summed E-state index contributed by atoms with van der Waals surface area (Å²) in [6.45, 7) is 7.32. The number of carbonyl (C=O) groups excluding carboxylic acids is 1. The molecule has 0 spiro atoms. The maximum absolute atomic E-state index is 12.7. The molecule has 152 valence electrons. The van der Waals surface area contributed by atoms with Crippen molar-refractivity contribution in [1.29, 1.82) is 0 Å². The van der Waals surface area contributed by atoms with Crippen LogP contribution in [0.15, 0.2) is 57.5 Å². The van der Waals surface area contributed by atoms with E-state index in [-0.39, 0.29) is 5.91 Å². The SMILES string of the molecule is Cc1nc(C(C)(C)NC(=O)c2ccc(-c3nnc(-c4ccccc4C)o3)cc2)no1. The van der Waals surface area contributed by atoms with Crippen LogP contribution in [-0.4, -0.2) is 26.2 Å². The largest absolute Gasteiger partial charge is 0.416 e. The number of carbonyl (C=O) groups is 1. The highest BCUT2D eigenvalue weighted by Gasteiger charge is 2.28. The number of hydrogen-bond donors (Lipinski definition) is 1. The minimum atomic E-state index is -0.775. The predicted octanol–water partition coefficient (Wildman–Crippen LogP) is 4.07. The second-order valence-electron chi connectivity index (χ2n) is 7.52. The number of hydrogen-bond acceptors (Lipinski definition) is 7. The molecule has 0 atom stereocenters. The Labute approximate surface area is 173 Å². The molecule has 8 heteroatoms. The summed E-state index contributed by atoms with van der Waals surface area (Å²) in [5, 5.41) is 15.1. The van der Waals surface area contributed by atoms with Gasteiger partial charge < -0.3 is 14.3 Å². The Morgan fingerprint density at radius 2 is 1.67 bits per heavy atom. The second-order valence-corrected chi connectivity index (χ2v) is 7.52. The van der Waals surface area contributed by atoms with Gasteiger partial charge in [-0.3, -0.25) is 4.79 Å². The minimum Gasteiger partial charge on any atom is -0.416 e. The van der Waals surface area contributed by atoms with Crippen molar-refractivity contribution in [1.82, 2.24) is 25.7 Å². The Balaban J connectivity index is 1.51. The lowest BCUT2D eigenvalue weighted by Crippen LogP contribution is -2.41. The van der Waals surface area contributed by atoms with E-state index in [4.69, 9.17) is 8.94 Å². The van der Waals surface area contributed by atoms with Crippen molar-refractivity contribution >= 4 is 5.91 Å². The van der Waals surface area contributed by atoms with E-state index < -0.39 is 5.54 Å². The average Bonchev–Trinajstić information content (AvgIpc) is 3.38. The topological polar surface area (TPSA) is 107 Å². The van der Waals surface area contributed by atoms with Crippen molar-refractivity contribution in [3.05, 3.63) is 71.4 Å². The first-order chi connectivity index (χ1) is 14.3. The van der Waals surface area contributed by atoms with E-state index >= 15 is 0 Å². The monoisotopic (exact) mass is 403 g/mol. The molecule has 2 aromatic carbocycles. The summed E-state index contributed by atoms with van der Waals surface area (Å²) in [5.74, 6) is 1.46. The van der Waals surface area contributed by atoms with Gasteiger partial charge >= 0.3 is 0 Å². The van der Waals surface area contributed by atoms with Gasteiger partial charge in [-0.1, -0.05) is 23.4 Å².